The first kappa shape index (κ1) is 18.9. The lowest BCUT2D eigenvalue weighted by atomic mass is 9.91. The van der Waals surface area contributed by atoms with E-state index in [1.165, 1.54) is 0 Å². The maximum absolute atomic E-state index is 12.2. The lowest BCUT2D eigenvalue weighted by Crippen LogP contribution is -2.40. The van der Waals surface area contributed by atoms with Crippen molar-refractivity contribution < 1.29 is 9.21 Å². The van der Waals surface area contributed by atoms with E-state index >= 15 is 0 Å². The van der Waals surface area contributed by atoms with Gasteiger partial charge in [-0.2, -0.15) is 0 Å². The fourth-order valence-electron chi connectivity index (χ4n) is 3.14. The number of aromatic nitrogens is 2. The third-order valence-electron chi connectivity index (χ3n) is 4.49. The lowest BCUT2D eigenvalue weighted by Gasteiger charge is -2.30. The zero-order valence-corrected chi connectivity index (χ0v) is 17.4. The Morgan fingerprint density at radius 1 is 1.19 bits per heavy atom. The number of hydrogen-bond donors (Lipinski definition) is 2. The van der Waals surface area contributed by atoms with E-state index in [0.29, 0.717) is 11.8 Å². The highest BCUT2D eigenvalue weighted by atomic mass is 127. The molecule has 0 unspecified atom stereocenters. The number of nitrogens with zero attached hydrogens (tertiary/aromatic N) is 3. The van der Waals surface area contributed by atoms with Crippen LogP contribution in [0, 0.1) is 10.7 Å². The van der Waals surface area contributed by atoms with E-state index in [4.69, 9.17) is 4.42 Å². The van der Waals surface area contributed by atoms with Gasteiger partial charge in [-0.05, 0) is 67.3 Å². The topological polar surface area (TPSA) is 83.3 Å². The summed E-state index contributed by atoms with van der Waals surface area (Å²) in [6.45, 7) is 1.90. The second-order valence-electron chi connectivity index (χ2n) is 6.82. The highest BCUT2D eigenvalue weighted by molar-refractivity contribution is 14.1. The fourth-order valence-corrected chi connectivity index (χ4v) is 3.56. The largest absolute Gasteiger partial charge is 0.445 e. The van der Waals surface area contributed by atoms with Gasteiger partial charge in [-0.15, -0.1) is 0 Å². The van der Waals surface area contributed by atoms with Crippen LogP contribution in [0.15, 0.2) is 22.6 Å². The van der Waals surface area contributed by atoms with Gasteiger partial charge in [0.2, 0.25) is 0 Å². The molecule has 2 N–H and O–H groups in total. The summed E-state index contributed by atoms with van der Waals surface area (Å²) < 4.78 is 6.09. The quantitative estimate of drug-likeness (QED) is 0.655. The van der Waals surface area contributed by atoms with Crippen molar-refractivity contribution in [3.63, 3.8) is 0 Å². The Labute approximate surface area is 167 Å². The van der Waals surface area contributed by atoms with Crippen molar-refractivity contribution in [2.45, 2.75) is 44.7 Å². The van der Waals surface area contributed by atoms with Crippen molar-refractivity contribution >= 4 is 40.1 Å². The summed E-state index contributed by atoms with van der Waals surface area (Å²) in [7, 11) is 3.94. The van der Waals surface area contributed by atoms with E-state index in [1.54, 1.807) is 12.1 Å². The summed E-state index contributed by atoms with van der Waals surface area (Å²) in [4.78, 5) is 23.1. The van der Waals surface area contributed by atoms with E-state index in [2.05, 4.69) is 43.2 Å². The zero-order valence-electron chi connectivity index (χ0n) is 15.3. The number of furan rings is 1. The van der Waals surface area contributed by atoms with Gasteiger partial charge in [0.05, 0.1) is 0 Å². The van der Waals surface area contributed by atoms with Gasteiger partial charge in [-0.25, -0.2) is 9.97 Å². The molecule has 7 nitrogen and oxygen atoms in total. The molecule has 26 heavy (non-hydrogen) atoms. The standard InChI is InChI=1S/C18H24IN5O2/c1-11-20-16(10-17(21-11)24(2)3)22-12-4-6-13(7-5-12)23-18(25)14-8-9-15(19)26-14/h8-10,12-13H,4-7H2,1-3H3,(H,23,25)(H,20,21,22). The molecule has 0 saturated heterocycles. The highest BCUT2D eigenvalue weighted by Gasteiger charge is 2.24. The third kappa shape index (κ3) is 4.87. The molecule has 2 heterocycles. The van der Waals surface area contributed by atoms with E-state index in [-0.39, 0.29) is 11.9 Å². The normalized spacial score (nSPS) is 19.8. The van der Waals surface area contributed by atoms with E-state index in [0.717, 1.165) is 46.9 Å². The number of amides is 1. The molecule has 1 amide bonds. The minimum absolute atomic E-state index is 0.133. The minimum Gasteiger partial charge on any atom is -0.445 e. The predicted octanol–water partition coefficient (Wildman–Crippen LogP) is 3.20. The van der Waals surface area contributed by atoms with Gasteiger partial charge >= 0.3 is 0 Å². The van der Waals surface area contributed by atoms with Crippen LogP contribution in [0.25, 0.3) is 0 Å². The van der Waals surface area contributed by atoms with Gasteiger partial charge in [-0.3, -0.25) is 4.79 Å². The SMILES string of the molecule is Cc1nc(NC2CCC(NC(=O)c3ccc(I)o3)CC2)cc(N(C)C)n1. The van der Waals surface area contributed by atoms with Crippen LogP contribution >= 0.6 is 22.6 Å². The Morgan fingerprint density at radius 2 is 1.88 bits per heavy atom. The summed E-state index contributed by atoms with van der Waals surface area (Å²) in [5.74, 6) is 2.76. The second-order valence-corrected chi connectivity index (χ2v) is 7.89. The molecular formula is C18H24IN5O2. The number of carbonyl (C=O) groups excluding carboxylic acids is 1. The highest BCUT2D eigenvalue weighted by Crippen LogP contribution is 2.23. The first-order chi connectivity index (χ1) is 12.4. The van der Waals surface area contributed by atoms with Crippen LogP contribution in [-0.4, -0.2) is 42.1 Å². The van der Waals surface area contributed by atoms with Gasteiger partial charge in [0.25, 0.3) is 5.91 Å². The molecule has 0 spiro atoms. The maximum atomic E-state index is 12.2. The number of halogens is 1. The van der Waals surface area contributed by atoms with E-state index in [1.807, 2.05) is 32.0 Å². The molecule has 3 rings (SSSR count). The summed E-state index contributed by atoms with van der Waals surface area (Å²) in [5, 5.41) is 6.59. The van der Waals surface area contributed by atoms with Gasteiger partial charge in [0.15, 0.2) is 9.53 Å². The van der Waals surface area contributed by atoms with Crippen LogP contribution in [-0.2, 0) is 0 Å². The van der Waals surface area contributed by atoms with Crippen molar-refractivity contribution in [2.24, 2.45) is 0 Å². The Kier molecular flexibility index (Phi) is 6.00. The van der Waals surface area contributed by atoms with Gasteiger partial charge < -0.3 is 20.0 Å². The summed E-state index contributed by atoms with van der Waals surface area (Å²) in [6.07, 6.45) is 3.85. The van der Waals surface area contributed by atoms with Crippen LogP contribution in [0.1, 0.15) is 42.1 Å². The van der Waals surface area contributed by atoms with E-state index in [9.17, 15) is 4.79 Å². The lowest BCUT2D eigenvalue weighted by molar-refractivity contribution is 0.0897. The molecule has 0 radical (unpaired) electrons. The first-order valence-electron chi connectivity index (χ1n) is 8.76. The molecule has 0 atom stereocenters. The monoisotopic (exact) mass is 469 g/mol. The third-order valence-corrected chi connectivity index (χ3v) is 5.07. The first-order valence-corrected chi connectivity index (χ1v) is 9.84. The molecule has 0 bridgehead atoms. The molecule has 140 valence electrons. The van der Waals surface area contributed by atoms with Crippen LogP contribution < -0.4 is 15.5 Å². The van der Waals surface area contributed by atoms with Gasteiger partial charge in [-0.1, -0.05) is 0 Å². The Balaban J connectivity index is 1.52. The van der Waals surface area contributed by atoms with Crippen molar-refractivity contribution in [2.75, 3.05) is 24.3 Å². The molecule has 1 fully saturated rings. The van der Waals surface area contributed by atoms with Crippen LogP contribution in [0.2, 0.25) is 0 Å². The Morgan fingerprint density at radius 3 is 2.50 bits per heavy atom. The van der Waals surface area contributed by atoms with Crippen LogP contribution in [0.3, 0.4) is 0 Å². The molecule has 0 aromatic carbocycles. The maximum Gasteiger partial charge on any atom is 0.287 e. The predicted molar refractivity (Wildman–Crippen MR) is 110 cm³/mol. The number of carbonyl (C=O) groups is 1. The summed E-state index contributed by atoms with van der Waals surface area (Å²) in [6, 6.07) is 6.02. The number of anilines is 2. The number of rotatable bonds is 5. The van der Waals surface area contributed by atoms with Crippen LogP contribution in [0.4, 0.5) is 11.6 Å². The van der Waals surface area contributed by atoms with Gasteiger partial charge in [0, 0.05) is 32.2 Å². The Hall–Kier alpha value is -1.84. The molecule has 1 aliphatic rings. The van der Waals surface area contributed by atoms with E-state index < -0.39 is 0 Å². The molecule has 8 heteroatoms. The van der Waals surface area contributed by atoms with Crippen LogP contribution in [0.5, 0.6) is 0 Å². The number of nitrogens with one attached hydrogen (secondary N) is 2. The molecule has 0 aliphatic heterocycles. The Bertz CT molecular complexity index is 769. The van der Waals surface area contributed by atoms with Crippen molar-refractivity contribution in [3.8, 4) is 0 Å². The average Bonchev–Trinajstić information content (AvgIpc) is 3.03. The van der Waals surface area contributed by atoms with Gasteiger partial charge in [0.1, 0.15) is 17.5 Å². The molecule has 2 aromatic rings. The summed E-state index contributed by atoms with van der Waals surface area (Å²) >= 11 is 2.06. The zero-order chi connectivity index (χ0) is 18.7. The molecule has 2 aromatic heterocycles. The fraction of sp³-hybridized carbons (Fsp3) is 0.500. The molecular weight excluding hydrogens is 445 g/mol. The van der Waals surface area contributed by atoms with Crippen molar-refractivity contribution in [1.29, 1.82) is 0 Å². The smallest absolute Gasteiger partial charge is 0.287 e. The van der Waals surface area contributed by atoms with Crippen molar-refractivity contribution in [3.05, 3.63) is 33.6 Å². The second kappa shape index (κ2) is 8.24. The molecule has 1 saturated carbocycles. The molecule has 1 aliphatic carbocycles. The number of hydrogen-bond acceptors (Lipinski definition) is 6. The minimum atomic E-state index is -0.133. The summed E-state index contributed by atoms with van der Waals surface area (Å²) in [5.41, 5.74) is 0. The number of aryl methyl sites for hydroxylation is 1. The average molecular weight is 469 g/mol. The van der Waals surface area contributed by atoms with Crippen molar-refractivity contribution in [1.82, 2.24) is 15.3 Å².